The maximum atomic E-state index is 11.0. The van der Waals surface area contributed by atoms with Crippen LogP contribution in [0.2, 0.25) is 0 Å². The Morgan fingerprint density at radius 2 is 2.08 bits per heavy atom. The first kappa shape index (κ1) is 9.03. The number of hydrogen-bond donors (Lipinski definition) is 1. The molecule has 0 aromatic heterocycles. The van der Waals surface area contributed by atoms with Crippen molar-refractivity contribution in [2.75, 3.05) is 6.54 Å². The molecule has 1 rings (SSSR count). The average Bonchev–Trinajstić information content (AvgIpc) is 2.32. The number of carbonyl (C=O) groups excluding carboxylic acids is 1. The van der Waals surface area contributed by atoms with Crippen molar-refractivity contribution in [3.63, 3.8) is 0 Å². The van der Waals surface area contributed by atoms with Crippen LogP contribution in [0.4, 0.5) is 0 Å². The fourth-order valence-corrected chi connectivity index (χ4v) is 1.69. The monoisotopic (exact) mass is 171 g/mol. The molecule has 12 heavy (non-hydrogen) atoms. The summed E-state index contributed by atoms with van der Waals surface area (Å²) in [7, 11) is 0. The molecule has 4 heteroatoms. The lowest BCUT2D eigenvalue weighted by molar-refractivity contribution is -0.154. The topological polar surface area (TPSA) is 57.6 Å². The third kappa shape index (κ3) is 1.17. The van der Waals surface area contributed by atoms with E-state index < -0.39 is 11.5 Å². The number of nitrogens with zero attached hydrogens (tertiary/aromatic N) is 1. The molecule has 0 bridgehead atoms. The summed E-state index contributed by atoms with van der Waals surface area (Å²) in [6, 6.07) is 0. The van der Waals surface area contributed by atoms with E-state index in [9.17, 15) is 9.59 Å². The molecule has 1 heterocycles. The van der Waals surface area contributed by atoms with Crippen LogP contribution in [0.5, 0.6) is 0 Å². The molecule has 0 aromatic rings. The van der Waals surface area contributed by atoms with Gasteiger partial charge in [-0.2, -0.15) is 0 Å². The van der Waals surface area contributed by atoms with Gasteiger partial charge in [-0.1, -0.05) is 0 Å². The molecule has 0 saturated carbocycles. The summed E-state index contributed by atoms with van der Waals surface area (Å²) in [5.74, 6) is -1.06. The molecule has 1 atom stereocenters. The molecule has 4 nitrogen and oxygen atoms in total. The minimum Gasteiger partial charge on any atom is -0.480 e. The first-order valence-corrected chi connectivity index (χ1v) is 4.00. The van der Waals surface area contributed by atoms with E-state index in [-0.39, 0.29) is 5.91 Å². The number of rotatable bonds is 1. The van der Waals surface area contributed by atoms with Gasteiger partial charge < -0.3 is 10.0 Å². The quantitative estimate of drug-likeness (QED) is 0.624. The van der Waals surface area contributed by atoms with Crippen LogP contribution in [0.25, 0.3) is 0 Å². The number of hydrogen-bond acceptors (Lipinski definition) is 2. The van der Waals surface area contributed by atoms with Gasteiger partial charge in [0.15, 0.2) is 0 Å². The van der Waals surface area contributed by atoms with E-state index in [2.05, 4.69) is 0 Å². The average molecular weight is 171 g/mol. The summed E-state index contributed by atoms with van der Waals surface area (Å²) in [6.07, 6.45) is 1.34. The zero-order valence-electron chi connectivity index (χ0n) is 7.33. The molecule has 0 spiro atoms. The molecular formula is C8H13NO3. The summed E-state index contributed by atoms with van der Waals surface area (Å²) in [6.45, 7) is 3.58. The van der Waals surface area contributed by atoms with Crippen molar-refractivity contribution in [1.82, 2.24) is 4.90 Å². The van der Waals surface area contributed by atoms with Crippen molar-refractivity contribution in [2.24, 2.45) is 0 Å². The van der Waals surface area contributed by atoms with Gasteiger partial charge in [0.25, 0.3) is 0 Å². The van der Waals surface area contributed by atoms with Gasteiger partial charge in [0.05, 0.1) is 0 Å². The van der Waals surface area contributed by atoms with Crippen LogP contribution >= 0.6 is 0 Å². The van der Waals surface area contributed by atoms with Crippen molar-refractivity contribution >= 4 is 11.9 Å². The first-order valence-electron chi connectivity index (χ1n) is 4.00. The van der Waals surface area contributed by atoms with Gasteiger partial charge in [-0.25, -0.2) is 4.79 Å². The van der Waals surface area contributed by atoms with Gasteiger partial charge in [0.1, 0.15) is 5.54 Å². The molecular weight excluding hydrogens is 158 g/mol. The lowest BCUT2D eigenvalue weighted by Crippen LogP contribution is -2.49. The molecule has 1 fully saturated rings. The third-order valence-electron chi connectivity index (χ3n) is 2.48. The van der Waals surface area contributed by atoms with Gasteiger partial charge in [-0.05, 0) is 19.8 Å². The van der Waals surface area contributed by atoms with Crippen LogP contribution in [0.1, 0.15) is 26.7 Å². The Bertz CT molecular complexity index is 226. The molecule has 1 aliphatic rings. The molecule has 68 valence electrons. The number of carbonyl (C=O) groups is 2. The highest BCUT2D eigenvalue weighted by molar-refractivity contribution is 5.86. The van der Waals surface area contributed by atoms with E-state index in [0.29, 0.717) is 13.0 Å². The second-order valence-electron chi connectivity index (χ2n) is 3.35. The Morgan fingerprint density at radius 3 is 2.42 bits per heavy atom. The van der Waals surface area contributed by atoms with Gasteiger partial charge in [0.2, 0.25) is 5.91 Å². The summed E-state index contributed by atoms with van der Waals surface area (Å²) >= 11 is 0. The van der Waals surface area contributed by atoms with Gasteiger partial charge in [0, 0.05) is 13.5 Å². The van der Waals surface area contributed by atoms with E-state index in [4.69, 9.17) is 5.11 Å². The van der Waals surface area contributed by atoms with Crippen LogP contribution in [0.15, 0.2) is 0 Å². The maximum absolute atomic E-state index is 11.0. The van der Waals surface area contributed by atoms with Crippen molar-refractivity contribution in [3.05, 3.63) is 0 Å². The van der Waals surface area contributed by atoms with E-state index in [1.807, 2.05) is 0 Å². The fraction of sp³-hybridized carbons (Fsp3) is 0.750. The molecule has 0 aliphatic carbocycles. The smallest absolute Gasteiger partial charge is 0.329 e. The normalized spacial score (nSPS) is 29.0. The van der Waals surface area contributed by atoms with Crippen LogP contribution in [-0.2, 0) is 9.59 Å². The molecule has 1 saturated heterocycles. The fourth-order valence-electron chi connectivity index (χ4n) is 1.69. The molecule has 0 unspecified atom stereocenters. The van der Waals surface area contributed by atoms with Gasteiger partial charge >= 0.3 is 5.97 Å². The molecule has 1 amide bonds. The number of amides is 1. The van der Waals surface area contributed by atoms with Crippen molar-refractivity contribution in [1.29, 1.82) is 0 Å². The number of likely N-dealkylation sites (tertiary alicyclic amines) is 1. The van der Waals surface area contributed by atoms with Crippen LogP contribution in [-0.4, -0.2) is 34.0 Å². The lowest BCUT2D eigenvalue weighted by Gasteiger charge is -2.29. The van der Waals surface area contributed by atoms with Crippen LogP contribution in [0, 0.1) is 0 Å². The minimum absolute atomic E-state index is 0.155. The summed E-state index contributed by atoms with van der Waals surface area (Å²) in [5, 5.41) is 8.90. The molecule has 0 aromatic carbocycles. The zero-order valence-corrected chi connectivity index (χ0v) is 7.33. The largest absolute Gasteiger partial charge is 0.480 e. The standard InChI is InChI=1S/C8H13NO3/c1-6(10)9-5-3-4-8(9,2)7(11)12/h3-5H2,1-2H3,(H,11,12)/t8-/m0/s1. The predicted molar refractivity (Wildman–Crippen MR) is 42.7 cm³/mol. The highest BCUT2D eigenvalue weighted by Crippen LogP contribution is 2.28. The summed E-state index contributed by atoms with van der Waals surface area (Å²) < 4.78 is 0. The van der Waals surface area contributed by atoms with Crippen LogP contribution in [0.3, 0.4) is 0 Å². The SMILES string of the molecule is CC(=O)N1CCC[C@@]1(C)C(=O)O. The van der Waals surface area contributed by atoms with Crippen LogP contribution < -0.4 is 0 Å². The predicted octanol–water partition coefficient (Wildman–Crippen LogP) is 0.472. The first-order chi connectivity index (χ1) is 5.48. The van der Waals surface area contributed by atoms with E-state index in [1.54, 1.807) is 6.92 Å². The second kappa shape index (κ2) is 2.77. The number of aliphatic carboxylic acids is 1. The van der Waals surface area contributed by atoms with Gasteiger partial charge in [-0.15, -0.1) is 0 Å². The maximum Gasteiger partial charge on any atom is 0.329 e. The molecule has 1 N–H and O–H groups in total. The Morgan fingerprint density at radius 1 is 1.50 bits per heavy atom. The summed E-state index contributed by atoms with van der Waals surface area (Å²) in [4.78, 5) is 23.3. The van der Waals surface area contributed by atoms with E-state index in [0.717, 1.165) is 6.42 Å². The van der Waals surface area contributed by atoms with E-state index in [1.165, 1.54) is 11.8 Å². The lowest BCUT2D eigenvalue weighted by atomic mass is 9.99. The van der Waals surface area contributed by atoms with Gasteiger partial charge in [-0.3, -0.25) is 4.79 Å². The highest BCUT2D eigenvalue weighted by Gasteiger charge is 2.44. The van der Waals surface area contributed by atoms with Crippen molar-refractivity contribution in [2.45, 2.75) is 32.2 Å². The Balaban J connectivity index is 2.89. The number of carboxylic acids is 1. The van der Waals surface area contributed by atoms with Crippen molar-refractivity contribution in [3.8, 4) is 0 Å². The Hall–Kier alpha value is -1.06. The summed E-state index contributed by atoms with van der Waals surface area (Å²) in [5.41, 5.74) is -0.966. The second-order valence-corrected chi connectivity index (χ2v) is 3.35. The Labute approximate surface area is 71.2 Å². The van der Waals surface area contributed by atoms with E-state index >= 15 is 0 Å². The molecule has 0 radical (unpaired) electrons. The van der Waals surface area contributed by atoms with Crippen molar-refractivity contribution < 1.29 is 14.7 Å². The minimum atomic E-state index is -0.966. The zero-order chi connectivity index (χ0) is 9.35. The highest BCUT2D eigenvalue weighted by atomic mass is 16.4. The Kier molecular flexibility index (Phi) is 2.08. The molecule has 1 aliphatic heterocycles. The number of carboxylic acid groups (broad SMARTS) is 1. The third-order valence-corrected chi connectivity index (χ3v) is 2.48.